The van der Waals surface area contributed by atoms with Crippen molar-refractivity contribution in [1.82, 2.24) is 19.9 Å². The molecule has 0 amide bonds. The normalized spacial score (nSPS) is 11.1. The molecule has 0 fully saturated rings. The van der Waals surface area contributed by atoms with Crippen molar-refractivity contribution in [1.29, 1.82) is 0 Å². The fourth-order valence-corrected chi connectivity index (χ4v) is 3.66. The highest BCUT2D eigenvalue weighted by molar-refractivity contribution is 7.98. The Kier molecular flexibility index (Phi) is 4.49. The molecule has 4 aromatic rings. The third-order valence-corrected chi connectivity index (χ3v) is 5.00. The first-order chi connectivity index (χ1) is 12.7. The number of nitrogens with one attached hydrogen (secondary N) is 1. The SMILES string of the molecule is Cc1onc(-c2ccccc2)c1CSc1n[nH]c(=O)n1Cc1ccco1. The molecule has 0 spiro atoms. The Morgan fingerprint density at radius 1 is 1.19 bits per heavy atom. The highest BCUT2D eigenvalue weighted by Crippen LogP contribution is 2.30. The van der Waals surface area contributed by atoms with Gasteiger partial charge in [-0.15, -0.1) is 5.10 Å². The van der Waals surface area contributed by atoms with Gasteiger partial charge in [0.1, 0.15) is 17.2 Å². The van der Waals surface area contributed by atoms with Crippen LogP contribution >= 0.6 is 11.8 Å². The zero-order valence-electron chi connectivity index (χ0n) is 14.0. The Morgan fingerprint density at radius 2 is 2.04 bits per heavy atom. The van der Waals surface area contributed by atoms with Crippen LogP contribution in [0.1, 0.15) is 17.1 Å². The standard InChI is InChI=1S/C18H16N4O3S/c1-12-15(16(21-25-12)13-6-3-2-4-7-13)11-26-18-20-19-17(23)22(18)10-14-8-5-9-24-14/h2-9H,10-11H2,1H3,(H,19,23). The molecule has 26 heavy (non-hydrogen) atoms. The highest BCUT2D eigenvalue weighted by atomic mass is 32.2. The summed E-state index contributed by atoms with van der Waals surface area (Å²) in [5.41, 5.74) is 2.52. The topological polar surface area (TPSA) is 89.9 Å². The molecule has 0 atom stereocenters. The lowest BCUT2D eigenvalue weighted by molar-refractivity contribution is 0.398. The average Bonchev–Trinajstić information content (AvgIpc) is 3.38. The number of aryl methyl sites for hydroxylation is 1. The summed E-state index contributed by atoms with van der Waals surface area (Å²) in [6.45, 7) is 2.22. The van der Waals surface area contributed by atoms with Crippen LogP contribution in [0.2, 0.25) is 0 Å². The molecular formula is C18H16N4O3S. The van der Waals surface area contributed by atoms with Crippen molar-refractivity contribution >= 4 is 11.8 Å². The summed E-state index contributed by atoms with van der Waals surface area (Å²) in [5, 5.41) is 11.4. The van der Waals surface area contributed by atoms with Crippen molar-refractivity contribution < 1.29 is 8.94 Å². The lowest BCUT2D eigenvalue weighted by Crippen LogP contribution is -2.18. The van der Waals surface area contributed by atoms with Crippen LogP contribution in [-0.4, -0.2) is 19.9 Å². The Labute approximate surface area is 153 Å². The van der Waals surface area contributed by atoms with E-state index in [4.69, 9.17) is 8.94 Å². The number of aromatic amines is 1. The Balaban J connectivity index is 1.58. The van der Waals surface area contributed by atoms with Gasteiger partial charge < -0.3 is 8.94 Å². The Morgan fingerprint density at radius 3 is 2.81 bits per heavy atom. The fraction of sp³-hybridized carbons (Fsp3) is 0.167. The van der Waals surface area contributed by atoms with Crippen molar-refractivity contribution in [3.8, 4) is 11.3 Å². The summed E-state index contributed by atoms with van der Waals surface area (Å²) >= 11 is 1.45. The zero-order chi connectivity index (χ0) is 17.9. The van der Waals surface area contributed by atoms with Gasteiger partial charge in [-0.2, -0.15) is 0 Å². The van der Waals surface area contributed by atoms with E-state index in [0.29, 0.717) is 23.2 Å². The number of hydrogen-bond acceptors (Lipinski definition) is 6. The molecule has 0 aliphatic carbocycles. The van der Waals surface area contributed by atoms with Crippen LogP contribution in [0.5, 0.6) is 0 Å². The summed E-state index contributed by atoms with van der Waals surface area (Å²) in [5.74, 6) is 2.04. The zero-order valence-corrected chi connectivity index (χ0v) is 14.8. The molecule has 132 valence electrons. The molecular weight excluding hydrogens is 352 g/mol. The molecule has 1 N–H and O–H groups in total. The first kappa shape index (κ1) is 16.5. The molecule has 0 radical (unpaired) electrons. The number of H-pyrrole nitrogens is 1. The molecule has 7 nitrogen and oxygen atoms in total. The van der Waals surface area contributed by atoms with Gasteiger partial charge in [-0.05, 0) is 19.1 Å². The molecule has 8 heteroatoms. The van der Waals surface area contributed by atoms with E-state index >= 15 is 0 Å². The molecule has 0 bridgehead atoms. The van der Waals surface area contributed by atoms with E-state index in [9.17, 15) is 4.79 Å². The van der Waals surface area contributed by atoms with Gasteiger partial charge >= 0.3 is 5.69 Å². The molecule has 4 rings (SSSR count). The molecule has 1 aromatic carbocycles. The fourth-order valence-electron chi connectivity index (χ4n) is 2.63. The first-order valence-corrected chi connectivity index (χ1v) is 9.02. The van der Waals surface area contributed by atoms with Crippen molar-refractivity contribution in [2.75, 3.05) is 0 Å². The maximum Gasteiger partial charge on any atom is 0.344 e. The number of aromatic nitrogens is 4. The Bertz CT molecular complexity index is 1050. The lowest BCUT2D eigenvalue weighted by atomic mass is 10.1. The summed E-state index contributed by atoms with van der Waals surface area (Å²) < 4.78 is 12.3. The van der Waals surface area contributed by atoms with Gasteiger partial charge in [-0.3, -0.25) is 4.57 Å². The highest BCUT2D eigenvalue weighted by Gasteiger charge is 2.17. The molecule has 0 saturated heterocycles. The van der Waals surface area contributed by atoms with E-state index in [1.165, 1.54) is 11.8 Å². The number of benzene rings is 1. The van der Waals surface area contributed by atoms with E-state index < -0.39 is 0 Å². The maximum atomic E-state index is 12.0. The van der Waals surface area contributed by atoms with Crippen LogP contribution < -0.4 is 5.69 Å². The summed E-state index contributed by atoms with van der Waals surface area (Å²) in [6.07, 6.45) is 1.58. The minimum absolute atomic E-state index is 0.269. The van der Waals surface area contributed by atoms with Crippen molar-refractivity contribution in [3.05, 3.63) is 76.3 Å². The molecule has 0 saturated carbocycles. The second-order valence-corrected chi connectivity index (χ2v) is 6.64. The van der Waals surface area contributed by atoms with Crippen molar-refractivity contribution in [2.45, 2.75) is 24.4 Å². The van der Waals surface area contributed by atoms with Gasteiger partial charge in [0.05, 0.1) is 12.8 Å². The van der Waals surface area contributed by atoms with E-state index in [-0.39, 0.29) is 5.69 Å². The molecule has 0 aliphatic rings. The van der Waals surface area contributed by atoms with Crippen LogP contribution in [0.15, 0.2) is 67.6 Å². The van der Waals surface area contributed by atoms with Crippen LogP contribution in [0.4, 0.5) is 0 Å². The predicted octanol–water partition coefficient (Wildman–Crippen LogP) is 3.47. The number of nitrogens with zero attached hydrogens (tertiary/aromatic N) is 3. The molecule has 0 aliphatic heterocycles. The second kappa shape index (κ2) is 7.09. The third-order valence-electron chi connectivity index (χ3n) is 3.99. The monoisotopic (exact) mass is 368 g/mol. The van der Waals surface area contributed by atoms with Crippen molar-refractivity contribution in [3.63, 3.8) is 0 Å². The van der Waals surface area contributed by atoms with Crippen LogP contribution in [0, 0.1) is 6.92 Å². The number of hydrogen-bond donors (Lipinski definition) is 1. The molecule has 3 heterocycles. The van der Waals surface area contributed by atoms with E-state index in [0.717, 1.165) is 22.6 Å². The molecule has 0 unspecified atom stereocenters. The maximum absolute atomic E-state index is 12.0. The van der Waals surface area contributed by atoms with Crippen LogP contribution in [0.25, 0.3) is 11.3 Å². The van der Waals surface area contributed by atoms with Gasteiger partial charge in [0.15, 0.2) is 5.16 Å². The largest absolute Gasteiger partial charge is 0.467 e. The minimum Gasteiger partial charge on any atom is -0.467 e. The van der Waals surface area contributed by atoms with Gasteiger partial charge in [-0.1, -0.05) is 47.3 Å². The lowest BCUT2D eigenvalue weighted by Gasteiger charge is -2.05. The number of furan rings is 1. The number of thioether (sulfide) groups is 1. The third kappa shape index (κ3) is 3.23. The van der Waals surface area contributed by atoms with E-state index in [1.807, 2.05) is 43.3 Å². The smallest absolute Gasteiger partial charge is 0.344 e. The quantitative estimate of drug-likeness (QED) is 0.524. The minimum atomic E-state index is -0.269. The van der Waals surface area contributed by atoms with Gasteiger partial charge in [0.2, 0.25) is 0 Å². The van der Waals surface area contributed by atoms with Gasteiger partial charge in [0.25, 0.3) is 0 Å². The second-order valence-electron chi connectivity index (χ2n) is 5.70. The van der Waals surface area contributed by atoms with Crippen LogP contribution in [0.3, 0.4) is 0 Å². The van der Waals surface area contributed by atoms with E-state index in [2.05, 4.69) is 15.4 Å². The molecule has 3 aromatic heterocycles. The van der Waals surface area contributed by atoms with Crippen molar-refractivity contribution in [2.24, 2.45) is 0 Å². The number of rotatable bonds is 6. The van der Waals surface area contributed by atoms with Gasteiger partial charge in [-0.25, -0.2) is 9.89 Å². The summed E-state index contributed by atoms with van der Waals surface area (Å²) in [7, 11) is 0. The first-order valence-electron chi connectivity index (χ1n) is 8.03. The Hall–Kier alpha value is -3.00. The average molecular weight is 368 g/mol. The van der Waals surface area contributed by atoms with Crippen LogP contribution in [-0.2, 0) is 12.3 Å². The van der Waals surface area contributed by atoms with Gasteiger partial charge in [0, 0.05) is 16.9 Å². The summed E-state index contributed by atoms with van der Waals surface area (Å²) in [6, 6.07) is 13.5. The van der Waals surface area contributed by atoms with E-state index in [1.54, 1.807) is 16.9 Å². The summed E-state index contributed by atoms with van der Waals surface area (Å²) in [4.78, 5) is 12.0. The predicted molar refractivity (Wildman–Crippen MR) is 96.9 cm³/mol.